The number of aromatic nitrogens is 1. The van der Waals surface area contributed by atoms with Crippen LogP contribution in [0.5, 0.6) is 5.75 Å². The van der Waals surface area contributed by atoms with Gasteiger partial charge in [-0.3, -0.25) is 4.98 Å². The number of hydrogen-bond donors (Lipinski definition) is 0. The van der Waals surface area contributed by atoms with Crippen molar-refractivity contribution in [3.63, 3.8) is 0 Å². The SMILES string of the molecule is CCCCc1cc2c(Cl)c(C(=O)OCC)cnc2cc1OCc1ccccc1. The molecule has 0 fully saturated rings. The summed E-state index contributed by atoms with van der Waals surface area (Å²) in [4.78, 5) is 16.5. The van der Waals surface area contributed by atoms with Crippen LogP contribution in [0.4, 0.5) is 0 Å². The van der Waals surface area contributed by atoms with E-state index in [0.29, 0.717) is 23.8 Å². The van der Waals surface area contributed by atoms with Gasteiger partial charge in [-0.1, -0.05) is 55.3 Å². The van der Waals surface area contributed by atoms with Gasteiger partial charge in [0.05, 0.1) is 22.7 Å². The highest BCUT2D eigenvalue weighted by atomic mass is 35.5. The molecule has 2 aromatic carbocycles. The average molecular weight is 398 g/mol. The van der Waals surface area contributed by atoms with Gasteiger partial charge in [-0.25, -0.2) is 4.79 Å². The monoisotopic (exact) mass is 397 g/mol. The van der Waals surface area contributed by atoms with Crippen molar-refractivity contribution in [1.29, 1.82) is 0 Å². The summed E-state index contributed by atoms with van der Waals surface area (Å²) in [6, 6.07) is 13.9. The number of aryl methyl sites for hydroxylation is 1. The van der Waals surface area contributed by atoms with Gasteiger partial charge in [-0.2, -0.15) is 0 Å². The standard InChI is InChI=1S/C23H24ClNO3/c1-3-5-11-17-12-18-20(25-14-19(22(18)24)23(26)27-4-2)13-21(17)28-15-16-9-7-6-8-10-16/h6-10,12-14H,3-5,11,15H2,1-2H3. The van der Waals surface area contributed by atoms with E-state index in [1.165, 1.54) is 6.20 Å². The summed E-state index contributed by atoms with van der Waals surface area (Å²) in [5, 5.41) is 1.11. The van der Waals surface area contributed by atoms with E-state index < -0.39 is 5.97 Å². The summed E-state index contributed by atoms with van der Waals surface area (Å²) in [5.41, 5.74) is 3.15. The predicted octanol–water partition coefficient (Wildman–Crippen LogP) is 5.99. The van der Waals surface area contributed by atoms with E-state index in [4.69, 9.17) is 21.1 Å². The normalized spacial score (nSPS) is 10.8. The van der Waals surface area contributed by atoms with Crippen LogP contribution in [0.15, 0.2) is 48.7 Å². The van der Waals surface area contributed by atoms with Gasteiger partial charge in [-0.15, -0.1) is 0 Å². The molecule has 0 radical (unpaired) electrons. The Balaban J connectivity index is 1.98. The van der Waals surface area contributed by atoms with Crippen molar-refractivity contribution in [3.05, 3.63) is 70.4 Å². The summed E-state index contributed by atoms with van der Waals surface area (Å²) < 4.78 is 11.2. The first kappa shape index (κ1) is 20.2. The van der Waals surface area contributed by atoms with Crippen LogP contribution in [0.2, 0.25) is 5.02 Å². The Labute approximate surface area is 170 Å². The van der Waals surface area contributed by atoms with Crippen LogP contribution < -0.4 is 4.74 Å². The van der Waals surface area contributed by atoms with Crippen LogP contribution in [-0.4, -0.2) is 17.6 Å². The fourth-order valence-corrected chi connectivity index (χ4v) is 3.29. The van der Waals surface area contributed by atoms with E-state index in [0.717, 1.165) is 41.5 Å². The van der Waals surface area contributed by atoms with E-state index in [-0.39, 0.29) is 5.56 Å². The van der Waals surface area contributed by atoms with Gasteiger partial charge in [0.2, 0.25) is 0 Å². The molecule has 0 aliphatic rings. The van der Waals surface area contributed by atoms with Gasteiger partial charge in [-0.05, 0) is 37.0 Å². The van der Waals surface area contributed by atoms with Crippen molar-refractivity contribution in [2.45, 2.75) is 39.7 Å². The summed E-state index contributed by atoms with van der Waals surface area (Å²) >= 11 is 6.52. The lowest BCUT2D eigenvalue weighted by Crippen LogP contribution is -2.06. The average Bonchev–Trinajstić information content (AvgIpc) is 2.72. The quantitative estimate of drug-likeness (QED) is 0.438. The molecule has 0 unspecified atom stereocenters. The Morgan fingerprint density at radius 2 is 1.93 bits per heavy atom. The molecule has 0 saturated heterocycles. The Morgan fingerprint density at radius 3 is 2.64 bits per heavy atom. The number of ether oxygens (including phenoxy) is 2. The number of rotatable bonds is 8. The van der Waals surface area contributed by atoms with Crippen LogP contribution in [-0.2, 0) is 17.8 Å². The minimum Gasteiger partial charge on any atom is -0.489 e. The third kappa shape index (κ3) is 4.63. The zero-order chi connectivity index (χ0) is 19.9. The Hall–Kier alpha value is -2.59. The smallest absolute Gasteiger partial charge is 0.341 e. The lowest BCUT2D eigenvalue weighted by atomic mass is 10.0. The number of hydrogen-bond acceptors (Lipinski definition) is 4. The first-order chi connectivity index (χ1) is 13.6. The zero-order valence-electron chi connectivity index (χ0n) is 16.2. The van der Waals surface area contributed by atoms with Gasteiger partial charge >= 0.3 is 5.97 Å². The topological polar surface area (TPSA) is 48.4 Å². The lowest BCUT2D eigenvalue weighted by Gasteiger charge is -2.14. The Bertz CT molecular complexity index is 957. The number of carbonyl (C=O) groups is 1. The van der Waals surface area contributed by atoms with Gasteiger partial charge in [0.15, 0.2) is 0 Å². The fraction of sp³-hybridized carbons (Fsp3) is 0.304. The van der Waals surface area contributed by atoms with E-state index in [2.05, 4.69) is 11.9 Å². The molecule has 0 N–H and O–H groups in total. The van der Waals surface area contributed by atoms with Gasteiger partial charge in [0.1, 0.15) is 12.4 Å². The molecule has 0 aliphatic heterocycles. The zero-order valence-corrected chi connectivity index (χ0v) is 17.0. The molecule has 0 atom stereocenters. The third-order valence-electron chi connectivity index (χ3n) is 4.52. The highest BCUT2D eigenvalue weighted by Gasteiger charge is 2.17. The molecule has 146 valence electrons. The molecule has 3 aromatic rings. The maximum Gasteiger partial charge on any atom is 0.341 e. The Kier molecular flexibility index (Phi) is 6.88. The van der Waals surface area contributed by atoms with Crippen molar-refractivity contribution in [2.75, 3.05) is 6.61 Å². The maximum absolute atomic E-state index is 12.1. The minimum absolute atomic E-state index is 0.287. The highest BCUT2D eigenvalue weighted by Crippen LogP contribution is 2.33. The third-order valence-corrected chi connectivity index (χ3v) is 4.92. The van der Waals surface area contributed by atoms with Crippen molar-refractivity contribution >= 4 is 28.5 Å². The number of unbranched alkanes of at least 4 members (excludes halogenated alkanes) is 1. The number of benzene rings is 2. The van der Waals surface area contributed by atoms with E-state index >= 15 is 0 Å². The van der Waals surface area contributed by atoms with Crippen LogP contribution in [0, 0.1) is 0 Å². The van der Waals surface area contributed by atoms with Crippen LogP contribution in [0.1, 0.15) is 48.2 Å². The van der Waals surface area contributed by atoms with E-state index in [1.807, 2.05) is 42.5 Å². The summed E-state index contributed by atoms with van der Waals surface area (Å²) in [6.07, 6.45) is 4.45. The van der Waals surface area contributed by atoms with Crippen molar-refractivity contribution < 1.29 is 14.3 Å². The second-order valence-electron chi connectivity index (χ2n) is 6.56. The van der Waals surface area contributed by atoms with Gasteiger partial charge < -0.3 is 9.47 Å². The largest absolute Gasteiger partial charge is 0.489 e. The second kappa shape index (κ2) is 9.56. The number of halogens is 1. The molecule has 0 amide bonds. The molecular formula is C23H24ClNO3. The van der Waals surface area contributed by atoms with Crippen LogP contribution in [0.25, 0.3) is 10.9 Å². The maximum atomic E-state index is 12.1. The molecule has 0 saturated carbocycles. The molecule has 5 heteroatoms. The first-order valence-electron chi connectivity index (χ1n) is 9.59. The summed E-state index contributed by atoms with van der Waals surface area (Å²) in [5.74, 6) is 0.346. The van der Waals surface area contributed by atoms with Gasteiger partial charge in [0.25, 0.3) is 0 Å². The molecule has 1 heterocycles. The van der Waals surface area contributed by atoms with E-state index in [9.17, 15) is 4.79 Å². The molecule has 1 aromatic heterocycles. The lowest BCUT2D eigenvalue weighted by molar-refractivity contribution is 0.0526. The minimum atomic E-state index is -0.457. The number of fused-ring (bicyclic) bond motifs is 1. The number of pyridine rings is 1. The number of carbonyl (C=O) groups excluding carboxylic acids is 1. The van der Waals surface area contributed by atoms with E-state index in [1.54, 1.807) is 6.92 Å². The van der Waals surface area contributed by atoms with Crippen molar-refractivity contribution in [3.8, 4) is 5.75 Å². The second-order valence-corrected chi connectivity index (χ2v) is 6.94. The van der Waals surface area contributed by atoms with Crippen LogP contribution >= 0.6 is 11.6 Å². The summed E-state index contributed by atoms with van der Waals surface area (Å²) in [6.45, 7) is 4.69. The van der Waals surface area contributed by atoms with Crippen molar-refractivity contribution in [1.82, 2.24) is 4.98 Å². The molecule has 0 bridgehead atoms. The molecule has 0 aliphatic carbocycles. The summed E-state index contributed by atoms with van der Waals surface area (Å²) in [7, 11) is 0. The molecular weight excluding hydrogens is 374 g/mol. The van der Waals surface area contributed by atoms with Crippen LogP contribution in [0.3, 0.4) is 0 Å². The Morgan fingerprint density at radius 1 is 1.14 bits per heavy atom. The fourth-order valence-electron chi connectivity index (χ4n) is 3.02. The van der Waals surface area contributed by atoms with Crippen molar-refractivity contribution in [2.24, 2.45) is 0 Å². The molecule has 3 rings (SSSR count). The van der Waals surface area contributed by atoms with Gasteiger partial charge in [0, 0.05) is 17.6 Å². The highest BCUT2D eigenvalue weighted by molar-refractivity contribution is 6.38. The number of nitrogens with zero attached hydrogens (tertiary/aromatic N) is 1. The molecule has 0 spiro atoms. The first-order valence-corrected chi connectivity index (χ1v) is 9.96. The molecule has 28 heavy (non-hydrogen) atoms. The molecule has 4 nitrogen and oxygen atoms in total. The number of esters is 1. The predicted molar refractivity (Wildman–Crippen MR) is 112 cm³/mol.